The van der Waals surface area contributed by atoms with Gasteiger partial charge in [0.1, 0.15) is 0 Å². The summed E-state index contributed by atoms with van der Waals surface area (Å²) in [6, 6.07) is -0.423. The molecule has 1 rings (SSSR count). The van der Waals surface area contributed by atoms with Gasteiger partial charge in [-0.05, 0) is 6.92 Å². The van der Waals surface area contributed by atoms with Gasteiger partial charge >= 0.3 is 5.97 Å². The highest BCUT2D eigenvalue weighted by molar-refractivity contribution is 5.87. The van der Waals surface area contributed by atoms with Gasteiger partial charge in [-0.3, -0.25) is 9.59 Å². The predicted molar refractivity (Wildman–Crippen MR) is 46.1 cm³/mol. The van der Waals surface area contributed by atoms with Crippen molar-refractivity contribution in [3.63, 3.8) is 0 Å². The molecule has 0 aromatic heterocycles. The van der Waals surface area contributed by atoms with E-state index in [1.54, 1.807) is 6.92 Å². The minimum absolute atomic E-state index is 0.111. The number of hydrogen-bond acceptors (Lipinski definition) is 4. The molecule has 0 unspecified atom stereocenters. The number of esters is 1. The van der Waals surface area contributed by atoms with Crippen molar-refractivity contribution in [2.75, 3.05) is 19.7 Å². The normalized spacial score (nSPS) is 22.2. The van der Waals surface area contributed by atoms with E-state index in [-0.39, 0.29) is 18.3 Å². The molecule has 0 radical (unpaired) electrons. The standard InChI is InChI=1S/C8H14N2O3/c1-2-13-7(11)5-6-8(12)10-4-3-9-6/h6,9H,2-5H2,1H3,(H,10,12)/t6-/m0/s1. The van der Waals surface area contributed by atoms with Gasteiger partial charge in [0.15, 0.2) is 0 Å². The molecule has 1 amide bonds. The van der Waals surface area contributed by atoms with Crippen LogP contribution < -0.4 is 10.6 Å². The van der Waals surface area contributed by atoms with E-state index in [4.69, 9.17) is 4.74 Å². The van der Waals surface area contributed by atoms with Crippen molar-refractivity contribution < 1.29 is 14.3 Å². The van der Waals surface area contributed by atoms with Gasteiger partial charge in [0.2, 0.25) is 5.91 Å². The number of hydrogen-bond donors (Lipinski definition) is 2. The third-order valence-electron chi connectivity index (χ3n) is 1.81. The summed E-state index contributed by atoms with van der Waals surface area (Å²) in [5.74, 6) is -0.462. The maximum absolute atomic E-state index is 11.2. The SMILES string of the molecule is CCOC(=O)C[C@@H]1NCCNC1=O. The zero-order valence-corrected chi connectivity index (χ0v) is 7.63. The van der Waals surface area contributed by atoms with E-state index in [0.717, 1.165) is 0 Å². The summed E-state index contributed by atoms with van der Waals surface area (Å²) >= 11 is 0. The highest BCUT2D eigenvalue weighted by Crippen LogP contribution is 1.97. The summed E-state index contributed by atoms with van der Waals surface area (Å²) in [6.45, 7) is 3.42. The van der Waals surface area contributed by atoms with E-state index >= 15 is 0 Å². The Labute approximate surface area is 76.8 Å². The van der Waals surface area contributed by atoms with Gasteiger partial charge in [-0.15, -0.1) is 0 Å². The molecule has 1 heterocycles. The van der Waals surface area contributed by atoms with Gasteiger partial charge in [0, 0.05) is 13.1 Å². The second-order valence-electron chi connectivity index (χ2n) is 2.81. The van der Waals surface area contributed by atoms with Crippen molar-refractivity contribution in [3.05, 3.63) is 0 Å². The number of amides is 1. The zero-order valence-electron chi connectivity index (χ0n) is 7.63. The average Bonchev–Trinajstić information content (AvgIpc) is 2.09. The number of ether oxygens (including phenoxy) is 1. The molecule has 2 N–H and O–H groups in total. The van der Waals surface area contributed by atoms with Gasteiger partial charge in [-0.1, -0.05) is 0 Å². The van der Waals surface area contributed by atoms with Gasteiger partial charge in [-0.2, -0.15) is 0 Å². The molecule has 74 valence electrons. The molecule has 0 aliphatic carbocycles. The average molecular weight is 186 g/mol. The lowest BCUT2D eigenvalue weighted by Gasteiger charge is -2.22. The van der Waals surface area contributed by atoms with Crippen LogP contribution in [-0.2, 0) is 14.3 Å². The maximum Gasteiger partial charge on any atom is 0.307 e. The minimum Gasteiger partial charge on any atom is -0.466 e. The van der Waals surface area contributed by atoms with E-state index < -0.39 is 6.04 Å². The Hall–Kier alpha value is -1.10. The molecule has 0 aromatic rings. The topological polar surface area (TPSA) is 67.4 Å². The Morgan fingerprint density at radius 3 is 3.00 bits per heavy atom. The van der Waals surface area contributed by atoms with Crippen LogP contribution in [0.5, 0.6) is 0 Å². The van der Waals surface area contributed by atoms with Crippen molar-refractivity contribution in [2.24, 2.45) is 0 Å². The summed E-state index contributed by atoms with van der Waals surface area (Å²) in [5.41, 5.74) is 0. The number of carbonyl (C=O) groups is 2. The van der Waals surface area contributed by atoms with Crippen LogP contribution in [0, 0.1) is 0 Å². The first-order chi connectivity index (χ1) is 6.24. The number of rotatable bonds is 3. The smallest absolute Gasteiger partial charge is 0.307 e. The van der Waals surface area contributed by atoms with Gasteiger partial charge < -0.3 is 15.4 Å². The lowest BCUT2D eigenvalue weighted by molar-refractivity contribution is -0.145. The highest BCUT2D eigenvalue weighted by Gasteiger charge is 2.24. The zero-order chi connectivity index (χ0) is 9.68. The van der Waals surface area contributed by atoms with Crippen LogP contribution >= 0.6 is 0 Å². The Morgan fingerprint density at radius 2 is 2.38 bits per heavy atom. The fraction of sp³-hybridized carbons (Fsp3) is 0.750. The van der Waals surface area contributed by atoms with Crippen molar-refractivity contribution in [1.29, 1.82) is 0 Å². The third-order valence-corrected chi connectivity index (χ3v) is 1.81. The van der Waals surface area contributed by atoms with Crippen LogP contribution in [0.4, 0.5) is 0 Å². The third kappa shape index (κ3) is 3.02. The lowest BCUT2D eigenvalue weighted by atomic mass is 10.1. The van der Waals surface area contributed by atoms with Crippen LogP contribution in [0.15, 0.2) is 0 Å². The van der Waals surface area contributed by atoms with E-state index in [1.807, 2.05) is 0 Å². The van der Waals surface area contributed by atoms with Crippen LogP contribution in [0.1, 0.15) is 13.3 Å². The maximum atomic E-state index is 11.2. The number of piperazine rings is 1. The summed E-state index contributed by atoms with van der Waals surface area (Å²) in [5, 5.41) is 5.62. The quantitative estimate of drug-likeness (QED) is 0.556. The molecule has 1 aliphatic heterocycles. The summed E-state index contributed by atoms with van der Waals surface area (Å²) < 4.78 is 4.73. The van der Waals surface area contributed by atoms with Crippen molar-refractivity contribution >= 4 is 11.9 Å². The molecular formula is C8H14N2O3. The Balaban J connectivity index is 2.33. The van der Waals surface area contributed by atoms with E-state index in [9.17, 15) is 9.59 Å². The van der Waals surface area contributed by atoms with Crippen LogP contribution in [-0.4, -0.2) is 37.6 Å². The molecule has 0 spiro atoms. The second-order valence-corrected chi connectivity index (χ2v) is 2.81. The fourth-order valence-corrected chi connectivity index (χ4v) is 1.20. The molecule has 1 aliphatic rings. The second kappa shape index (κ2) is 4.81. The number of carbonyl (C=O) groups excluding carboxylic acids is 2. The van der Waals surface area contributed by atoms with Crippen LogP contribution in [0.2, 0.25) is 0 Å². The lowest BCUT2D eigenvalue weighted by Crippen LogP contribution is -2.53. The first kappa shape index (κ1) is 9.98. The van der Waals surface area contributed by atoms with E-state index in [2.05, 4.69) is 10.6 Å². The Kier molecular flexibility index (Phi) is 3.70. The first-order valence-electron chi connectivity index (χ1n) is 4.40. The van der Waals surface area contributed by atoms with Crippen molar-refractivity contribution in [1.82, 2.24) is 10.6 Å². The largest absolute Gasteiger partial charge is 0.466 e. The summed E-state index contributed by atoms with van der Waals surface area (Å²) in [4.78, 5) is 22.2. The van der Waals surface area contributed by atoms with Crippen molar-refractivity contribution in [2.45, 2.75) is 19.4 Å². The van der Waals surface area contributed by atoms with E-state index in [0.29, 0.717) is 19.7 Å². The predicted octanol–water partition coefficient (Wildman–Crippen LogP) is -0.972. The monoisotopic (exact) mass is 186 g/mol. The van der Waals surface area contributed by atoms with Gasteiger partial charge in [0.05, 0.1) is 19.1 Å². The van der Waals surface area contributed by atoms with Gasteiger partial charge in [-0.25, -0.2) is 0 Å². The first-order valence-corrected chi connectivity index (χ1v) is 4.40. The molecule has 13 heavy (non-hydrogen) atoms. The molecule has 5 nitrogen and oxygen atoms in total. The van der Waals surface area contributed by atoms with Crippen LogP contribution in [0.25, 0.3) is 0 Å². The molecule has 1 atom stereocenters. The van der Waals surface area contributed by atoms with Gasteiger partial charge in [0.25, 0.3) is 0 Å². The number of nitrogens with one attached hydrogen (secondary N) is 2. The summed E-state index contributed by atoms with van der Waals surface area (Å²) in [7, 11) is 0. The highest BCUT2D eigenvalue weighted by atomic mass is 16.5. The summed E-state index contributed by atoms with van der Waals surface area (Å²) in [6.07, 6.45) is 0.111. The minimum atomic E-state index is -0.423. The van der Waals surface area contributed by atoms with E-state index in [1.165, 1.54) is 0 Å². The Morgan fingerprint density at radius 1 is 1.62 bits per heavy atom. The van der Waals surface area contributed by atoms with Crippen LogP contribution in [0.3, 0.4) is 0 Å². The molecule has 0 aromatic carbocycles. The molecule has 0 saturated carbocycles. The Bertz CT molecular complexity index is 206. The fourth-order valence-electron chi connectivity index (χ4n) is 1.20. The molecule has 5 heteroatoms. The molecular weight excluding hydrogens is 172 g/mol. The molecule has 0 bridgehead atoms. The molecule has 1 saturated heterocycles. The van der Waals surface area contributed by atoms with Crippen molar-refractivity contribution in [3.8, 4) is 0 Å². The molecule has 1 fully saturated rings.